The second-order valence-corrected chi connectivity index (χ2v) is 8.34. The van der Waals surface area contributed by atoms with E-state index < -0.39 is 5.63 Å². The average molecular weight is 510 g/mol. The number of anilines is 1. The summed E-state index contributed by atoms with van der Waals surface area (Å²) in [5.74, 6) is -0.451. The van der Waals surface area contributed by atoms with E-state index in [9.17, 15) is 9.59 Å². The number of fused-ring (bicyclic) bond motifs is 1. The molecular formula is C24H19IN2O3. The van der Waals surface area contributed by atoms with Gasteiger partial charge in [-0.2, -0.15) is 0 Å². The quantitative estimate of drug-likeness (QED) is 0.381. The Labute approximate surface area is 187 Å². The highest BCUT2D eigenvalue weighted by Crippen LogP contribution is 2.25. The highest BCUT2D eigenvalue weighted by atomic mass is 127. The Bertz CT molecular complexity index is 1250. The second-order valence-electron chi connectivity index (χ2n) is 7.10. The first-order valence-corrected chi connectivity index (χ1v) is 10.6. The SMILES string of the molecule is Cc1noc(=O)c2ccc(NC(=O)C(Cc3ccccc3)c3ccc(I)cc3)cc12. The summed E-state index contributed by atoms with van der Waals surface area (Å²) >= 11 is 2.25. The molecule has 1 N–H and O–H groups in total. The number of halogens is 1. The number of hydrogen-bond donors (Lipinski definition) is 1. The molecule has 0 fully saturated rings. The maximum atomic E-state index is 13.3. The average Bonchev–Trinajstić information content (AvgIpc) is 2.76. The number of benzene rings is 3. The first-order chi connectivity index (χ1) is 14.5. The van der Waals surface area contributed by atoms with Gasteiger partial charge < -0.3 is 9.84 Å². The van der Waals surface area contributed by atoms with Crippen molar-refractivity contribution in [3.05, 3.63) is 104 Å². The fourth-order valence-corrected chi connectivity index (χ4v) is 3.80. The molecular weight excluding hydrogens is 491 g/mol. The van der Waals surface area contributed by atoms with E-state index in [0.717, 1.165) is 14.7 Å². The minimum absolute atomic E-state index is 0.104. The van der Waals surface area contributed by atoms with Gasteiger partial charge in [-0.25, -0.2) is 4.79 Å². The molecule has 0 radical (unpaired) electrons. The Morgan fingerprint density at radius 1 is 1.03 bits per heavy atom. The predicted molar refractivity (Wildman–Crippen MR) is 126 cm³/mol. The van der Waals surface area contributed by atoms with Crippen molar-refractivity contribution in [2.24, 2.45) is 0 Å². The molecule has 0 aliphatic rings. The Hall–Kier alpha value is -3.00. The Morgan fingerprint density at radius 3 is 2.50 bits per heavy atom. The number of aromatic nitrogens is 1. The molecule has 1 amide bonds. The molecule has 1 heterocycles. The van der Waals surface area contributed by atoms with Crippen molar-refractivity contribution in [2.45, 2.75) is 19.3 Å². The van der Waals surface area contributed by atoms with E-state index in [1.54, 1.807) is 25.1 Å². The third-order valence-corrected chi connectivity index (χ3v) is 5.75. The molecule has 0 saturated carbocycles. The van der Waals surface area contributed by atoms with Crippen LogP contribution in [0, 0.1) is 10.5 Å². The van der Waals surface area contributed by atoms with E-state index in [2.05, 4.69) is 33.1 Å². The van der Waals surface area contributed by atoms with Crippen molar-refractivity contribution in [3.63, 3.8) is 0 Å². The molecule has 0 bridgehead atoms. The van der Waals surface area contributed by atoms with Crippen LogP contribution in [0.5, 0.6) is 0 Å². The second kappa shape index (κ2) is 8.79. The van der Waals surface area contributed by atoms with E-state index >= 15 is 0 Å². The van der Waals surface area contributed by atoms with Crippen molar-refractivity contribution in [3.8, 4) is 0 Å². The first-order valence-electron chi connectivity index (χ1n) is 9.52. The topological polar surface area (TPSA) is 72.2 Å². The van der Waals surface area contributed by atoms with E-state index in [4.69, 9.17) is 4.52 Å². The summed E-state index contributed by atoms with van der Waals surface area (Å²) in [6.07, 6.45) is 0.588. The zero-order valence-electron chi connectivity index (χ0n) is 16.3. The summed E-state index contributed by atoms with van der Waals surface area (Å²) in [4.78, 5) is 25.2. The zero-order valence-corrected chi connectivity index (χ0v) is 18.4. The summed E-state index contributed by atoms with van der Waals surface area (Å²) in [5, 5.41) is 7.89. The van der Waals surface area contributed by atoms with Crippen LogP contribution < -0.4 is 10.9 Å². The van der Waals surface area contributed by atoms with Crippen molar-refractivity contribution >= 4 is 45.0 Å². The summed E-state index contributed by atoms with van der Waals surface area (Å²) in [6.45, 7) is 1.76. The number of hydrogen-bond acceptors (Lipinski definition) is 4. The van der Waals surface area contributed by atoms with Gasteiger partial charge in [0.1, 0.15) is 0 Å². The summed E-state index contributed by atoms with van der Waals surface area (Å²) in [5.41, 5.74) is 2.77. The fraction of sp³-hybridized carbons (Fsp3) is 0.125. The van der Waals surface area contributed by atoms with Crippen LogP contribution in [0.25, 0.3) is 10.8 Å². The summed E-state index contributed by atoms with van der Waals surface area (Å²) in [6, 6.07) is 23.1. The van der Waals surface area contributed by atoms with Gasteiger partial charge in [0, 0.05) is 14.6 Å². The van der Waals surface area contributed by atoms with E-state index in [-0.39, 0.29) is 11.8 Å². The highest BCUT2D eigenvalue weighted by molar-refractivity contribution is 14.1. The number of carbonyl (C=O) groups is 1. The third-order valence-electron chi connectivity index (χ3n) is 5.03. The van der Waals surface area contributed by atoms with Gasteiger partial charge >= 0.3 is 5.63 Å². The van der Waals surface area contributed by atoms with Gasteiger partial charge in [-0.15, -0.1) is 0 Å². The molecule has 150 valence electrons. The maximum Gasteiger partial charge on any atom is 0.366 e. The van der Waals surface area contributed by atoms with Crippen molar-refractivity contribution < 1.29 is 9.32 Å². The third kappa shape index (κ3) is 4.43. The minimum Gasteiger partial charge on any atom is -0.326 e. The van der Waals surface area contributed by atoms with E-state index in [0.29, 0.717) is 28.6 Å². The van der Waals surface area contributed by atoms with Gasteiger partial charge in [0.15, 0.2) is 0 Å². The van der Waals surface area contributed by atoms with Gasteiger partial charge in [-0.05, 0) is 77.4 Å². The Kier molecular flexibility index (Phi) is 5.94. The van der Waals surface area contributed by atoms with Crippen LogP contribution in [-0.4, -0.2) is 11.1 Å². The number of nitrogens with one attached hydrogen (secondary N) is 1. The van der Waals surface area contributed by atoms with Crippen LogP contribution >= 0.6 is 22.6 Å². The lowest BCUT2D eigenvalue weighted by Crippen LogP contribution is -2.23. The van der Waals surface area contributed by atoms with Crippen LogP contribution in [-0.2, 0) is 11.2 Å². The van der Waals surface area contributed by atoms with Gasteiger partial charge in [0.05, 0.1) is 17.0 Å². The number of carbonyl (C=O) groups excluding carboxylic acids is 1. The van der Waals surface area contributed by atoms with Crippen LogP contribution in [0.15, 0.2) is 82.1 Å². The number of rotatable bonds is 5. The molecule has 0 saturated heterocycles. The molecule has 6 heteroatoms. The lowest BCUT2D eigenvalue weighted by molar-refractivity contribution is -0.117. The van der Waals surface area contributed by atoms with E-state index in [1.165, 1.54) is 0 Å². The van der Waals surface area contributed by atoms with Crippen LogP contribution in [0.1, 0.15) is 22.7 Å². The lowest BCUT2D eigenvalue weighted by atomic mass is 9.91. The van der Waals surface area contributed by atoms with Gasteiger partial charge in [0.2, 0.25) is 5.91 Å². The first kappa shape index (κ1) is 20.3. The smallest absolute Gasteiger partial charge is 0.326 e. The summed E-state index contributed by atoms with van der Waals surface area (Å²) in [7, 11) is 0. The predicted octanol–water partition coefficient (Wildman–Crippen LogP) is 5.07. The largest absolute Gasteiger partial charge is 0.366 e. The molecule has 4 aromatic rings. The van der Waals surface area contributed by atoms with Crippen LogP contribution in [0.2, 0.25) is 0 Å². The van der Waals surface area contributed by atoms with Crippen molar-refractivity contribution in [2.75, 3.05) is 5.32 Å². The Balaban J connectivity index is 1.66. The molecule has 0 aliphatic heterocycles. The lowest BCUT2D eigenvalue weighted by Gasteiger charge is -2.18. The Morgan fingerprint density at radius 2 is 1.77 bits per heavy atom. The molecule has 4 rings (SSSR count). The molecule has 30 heavy (non-hydrogen) atoms. The maximum absolute atomic E-state index is 13.3. The molecule has 1 atom stereocenters. The van der Waals surface area contributed by atoms with Gasteiger partial charge in [0.25, 0.3) is 0 Å². The molecule has 0 aliphatic carbocycles. The highest BCUT2D eigenvalue weighted by Gasteiger charge is 2.22. The fourth-order valence-electron chi connectivity index (χ4n) is 3.44. The normalized spacial score (nSPS) is 11.9. The number of nitrogens with zero attached hydrogens (tertiary/aromatic N) is 1. The molecule has 1 aromatic heterocycles. The summed E-state index contributed by atoms with van der Waals surface area (Å²) < 4.78 is 5.89. The number of amides is 1. The molecule has 0 spiro atoms. The standard InChI is InChI=1S/C24H19IN2O3/c1-15-21-14-19(11-12-20(21)24(29)30-27-15)26-23(28)22(13-16-5-3-2-4-6-16)17-7-9-18(25)10-8-17/h2-12,14,22H,13H2,1H3,(H,26,28). The zero-order chi connectivity index (χ0) is 21.1. The minimum atomic E-state index is -0.491. The number of aryl methyl sites for hydroxylation is 1. The van der Waals surface area contributed by atoms with E-state index in [1.807, 2.05) is 54.6 Å². The monoisotopic (exact) mass is 510 g/mol. The van der Waals surface area contributed by atoms with Gasteiger partial charge in [-0.3, -0.25) is 4.79 Å². The van der Waals surface area contributed by atoms with Crippen LogP contribution in [0.4, 0.5) is 5.69 Å². The van der Waals surface area contributed by atoms with Crippen molar-refractivity contribution in [1.29, 1.82) is 0 Å². The van der Waals surface area contributed by atoms with Gasteiger partial charge in [-0.1, -0.05) is 47.6 Å². The molecule has 5 nitrogen and oxygen atoms in total. The van der Waals surface area contributed by atoms with Crippen molar-refractivity contribution in [1.82, 2.24) is 5.16 Å². The van der Waals surface area contributed by atoms with Crippen LogP contribution in [0.3, 0.4) is 0 Å². The molecule has 3 aromatic carbocycles. The molecule has 1 unspecified atom stereocenters.